The maximum Gasteiger partial charge on any atom is 0.251 e. The van der Waals surface area contributed by atoms with E-state index >= 15 is 0 Å². The van der Waals surface area contributed by atoms with E-state index in [4.69, 9.17) is 5.73 Å². The van der Waals surface area contributed by atoms with Crippen molar-refractivity contribution in [1.82, 2.24) is 15.5 Å². The summed E-state index contributed by atoms with van der Waals surface area (Å²) in [5.74, 6) is -1.55. The Bertz CT molecular complexity index is 642. The van der Waals surface area contributed by atoms with Gasteiger partial charge < -0.3 is 26.4 Å². The number of carbonyl (C=O) groups excluding carboxylic acids is 3. The van der Waals surface area contributed by atoms with Gasteiger partial charge in [0.2, 0.25) is 11.8 Å². The molecule has 0 fully saturated rings. The summed E-state index contributed by atoms with van der Waals surface area (Å²) in [7, 11) is 3.20. The predicted molar refractivity (Wildman–Crippen MR) is 110 cm³/mol. The third kappa shape index (κ3) is 7.46. The van der Waals surface area contributed by atoms with Gasteiger partial charge in [0.25, 0.3) is 5.91 Å². The number of halogens is 1. The fourth-order valence-electron chi connectivity index (χ4n) is 2.51. The van der Waals surface area contributed by atoms with Crippen molar-refractivity contribution in [2.45, 2.75) is 50.9 Å². The molecule has 28 heavy (non-hydrogen) atoms. The molecule has 0 saturated heterocycles. The van der Waals surface area contributed by atoms with E-state index in [1.807, 2.05) is 13.0 Å². The summed E-state index contributed by atoms with van der Waals surface area (Å²) < 4.78 is 0. The van der Waals surface area contributed by atoms with Crippen LogP contribution in [0.4, 0.5) is 0 Å². The van der Waals surface area contributed by atoms with Crippen LogP contribution in [0.1, 0.15) is 38.3 Å². The number of aliphatic hydroxyl groups is 1. The second kappa shape index (κ2) is 12.3. The Hall–Kier alpha value is -2.16. The molecular formula is C19H31ClN4O4. The van der Waals surface area contributed by atoms with Crippen LogP contribution < -0.4 is 16.4 Å². The Kier molecular flexibility index (Phi) is 11.4. The highest BCUT2D eigenvalue weighted by Crippen LogP contribution is 2.15. The highest BCUT2D eigenvalue weighted by Gasteiger charge is 2.29. The van der Waals surface area contributed by atoms with Crippen molar-refractivity contribution in [2.75, 3.05) is 14.1 Å². The van der Waals surface area contributed by atoms with Crippen molar-refractivity contribution in [3.05, 3.63) is 35.9 Å². The minimum atomic E-state index is -1.39. The molecule has 1 aromatic rings. The van der Waals surface area contributed by atoms with E-state index in [0.717, 1.165) is 6.42 Å². The Morgan fingerprint density at radius 1 is 1.11 bits per heavy atom. The molecule has 0 bridgehead atoms. The second-order valence-corrected chi connectivity index (χ2v) is 6.71. The van der Waals surface area contributed by atoms with E-state index < -0.39 is 36.0 Å². The first-order valence-electron chi connectivity index (χ1n) is 8.99. The maximum absolute atomic E-state index is 12.5. The molecule has 4 atom stereocenters. The van der Waals surface area contributed by atoms with Crippen LogP contribution in [0.15, 0.2) is 30.3 Å². The second-order valence-electron chi connectivity index (χ2n) is 6.71. The monoisotopic (exact) mass is 414 g/mol. The molecule has 0 aliphatic rings. The summed E-state index contributed by atoms with van der Waals surface area (Å²) in [4.78, 5) is 38.4. The number of hydrogen-bond acceptors (Lipinski definition) is 5. The summed E-state index contributed by atoms with van der Waals surface area (Å²) in [5.41, 5.74) is 6.38. The van der Waals surface area contributed by atoms with Gasteiger partial charge in [-0.25, -0.2) is 0 Å². The summed E-state index contributed by atoms with van der Waals surface area (Å²) in [6.07, 6.45) is -0.177. The Labute approximate surface area is 172 Å². The highest BCUT2D eigenvalue weighted by molar-refractivity contribution is 5.93. The lowest BCUT2D eigenvalue weighted by molar-refractivity contribution is -0.137. The van der Waals surface area contributed by atoms with Gasteiger partial charge in [-0.2, -0.15) is 0 Å². The Morgan fingerprint density at radius 3 is 2.18 bits per heavy atom. The van der Waals surface area contributed by atoms with Crippen molar-refractivity contribution in [3.8, 4) is 0 Å². The van der Waals surface area contributed by atoms with Crippen LogP contribution in [0.5, 0.6) is 0 Å². The quantitative estimate of drug-likeness (QED) is 0.464. The zero-order valence-electron chi connectivity index (χ0n) is 16.7. The van der Waals surface area contributed by atoms with Gasteiger partial charge in [-0.05, 0) is 18.9 Å². The number of amides is 3. The van der Waals surface area contributed by atoms with E-state index in [9.17, 15) is 19.5 Å². The molecule has 0 aliphatic heterocycles. The molecule has 1 aromatic carbocycles. The van der Waals surface area contributed by atoms with Crippen LogP contribution in [0.25, 0.3) is 0 Å². The topological polar surface area (TPSA) is 125 Å². The zero-order chi connectivity index (χ0) is 20.6. The maximum atomic E-state index is 12.5. The molecule has 3 unspecified atom stereocenters. The van der Waals surface area contributed by atoms with Crippen molar-refractivity contribution < 1.29 is 19.5 Å². The molecule has 0 heterocycles. The molecule has 0 aliphatic carbocycles. The van der Waals surface area contributed by atoms with Crippen LogP contribution in [-0.2, 0) is 14.4 Å². The molecule has 0 aromatic heterocycles. The number of likely N-dealkylation sites (N-methyl/N-ethyl adjacent to an activating group) is 1. The van der Waals surface area contributed by atoms with Crippen molar-refractivity contribution in [2.24, 2.45) is 5.73 Å². The van der Waals surface area contributed by atoms with Gasteiger partial charge in [-0.1, -0.05) is 43.7 Å². The number of benzene rings is 1. The first-order chi connectivity index (χ1) is 12.7. The minimum absolute atomic E-state index is 0. The summed E-state index contributed by atoms with van der Waals surface area (Å²) >= 11 is 0. The first kappa shape index (κ1) is 25.8. The number of carbonyl (C=O) groups is 3. The molecule has 0 spiro atoms. The molecular weight excluding hydrogens is 384 g/mol. The normalized spacial score (nSPS) is 14.6. The molecule has 0 radical (unpaired) electrons. The average molecular weight is 415 g/mol. The zero-order valence-corrected chi connectivity index (χ0v) is 17.5. The largest absolute Gasteiger partial charge is 0.382 e. The fourth-order valence-corrected chi connectivity index (χ4v) is 2.51. The molecule has 0 saturated carbocycles. The predicted octanol–water partition coefficient (Wildman–Crippen LogP) is 0.347. The van der Waals surface area contributed by atoms with E-state index in [0.29, 0.717) is 12.0 Å². The summed E-state index contributed by atoms with van der Waals surface area (Å²) in [6.45, 7) is 3.37. The van der Waals surface area contributed by atoms with Crippen molar-refractivity contribution >= 4 is 30.1 Å². The minimum Gasteiger partial charge on any atom is -0.382 e. The molecule has 158 valence electrons. The third-order valence-corrected chi connectivity index (χ3v) is 4.16. The van der Waals surface area contributed by atoms with E-state index in [1.165, 1.54) is 11.8 Å². The van der Waals surface area contributed by atoms with Crippen LogP contribution in [0.3, 0.4) is 0 Å². The van der Waals surface area contributed by atoms with Gasteiger partial charge in [-0.3, -0.25) is 14.4 Å². The van der Waals surface area contributed by atoms with Gasteiger partial charge >= 0.3 is 0 Å². The van der Waals surface area contributed by atoms with Gasteiger partial charge in [-0.15, -0.1) is 12.4 Å². The van der Waals surface area contributed by atoms with E-state index in [-0.39, 0.29) is 18.3 Å². The highest BCUT2D eigenvalue weighted by atomic mass is 35.5. The smallest absolute Gasteiger partial charge is 0.251 e. The molecule has 5 N–H and O–H groups in total. The van der Waals surface area contributed by atoms with Crippen LogP contribution in [-0.4, -0.2) is 60.0 Å². The number of hydrogen-bond donors (Lipinski definition) is 4. The lowest BCUT2D eigenvalue weighted by Crippen LogP contribution is -2.53. The Balaban J connectivity index is 0.00000729. The molecule has 1 rings (SSSR count). The third-order valence-electron chi connectivity index (χ3n) is 4.16. The SMILES string of the molecule is CCC[C@H](N)C(O)C(=O)NC(C)C(=O)NC(C(=O)N(C)C)c1ccccc1.Cl. The van der Waals surface area contributed by atoms with E-state index in [1.54, 1.807) is 38.4 Å². The number of nitrogens with two attached hydrogens (primary N) is 1. The standard InChI is InChI=1S/C19H30N4O4.ClH/c1-5-9-14(20)16(24)18(26)21-12(2)17(25)22-15(19(27)23(3)4)13-10-7-6-8-11-13;/h6-8,10-12,14-16,24H,5,9,20H2,1-4H3,(H,21,26)(H,22,25);1H/t12?,14-,15?,16?;/m0./s1. The van der Waals surface area contributed by atoms with E-state index in [2.05, 4.69) is 10.6 Å². The van der Waals surface area contributed by atoms with Gasteiger partial charge in [0, 0.05) is 20.1 Å². The van der Waals surface area contributed by atoms with Crippen molar-refractivity contribution in [3.63, 3.8) is 0 Å². The molecule has 9 heteroatoms. The first-order valence-corrected chi connectivity index (χ1v) is 8.99. The van der Waals surface area contributed by atoms with Crippen molar-refractivity contribution in [1.29, 1.82) is 0 Å². The van der Waals surface area contributed by atoms with Gasteiger partial charge in [0.05, 0.1) is 0 Å². The summed E-state index contributed by atoms with van der Waals surface area (Å²) in [5, 5.41) is 15.0. The average Bonchev–Trinajstić information content (AvgIpc) is 2.65. The number of nitrogens with one attached hydrogen (secondary N) is 2. The lowest BCUT2D eigenvalue weighted by Gasteiger charge is -2.25. The van der Waals surface area contributed by atoms with Crippen LogP contribution in [0.2, 0.25) is 0 Å². The summed E-state index contributed by atoms with van der Waals surface area (Å²) in [6, 6.07) is 6.32. The number of aliphatic hydroxyl groups excluding tert-OH is 1. The lowest BCUT2D eigenvalue weighted by atomic mass is 10.0. The Morgan fingerprint density at radius 2 is 1.68 bits per heavy atom. The molecule has 8 nitrogen and oxygen atoms in total. The molecule has 3 amide bonds. The fraction of sp³-hybridized carbons (Fsp3) is 0.526. The van der Waals surface area contributed by atoms with Crippen LogP contribution in [0, 0.1) is 0 Å². The van der Waals surface area contributed by atoms with Crippen LogP contribution >= 0.6 is 12.4 Å². The van der Waals surface area contributed by atoms with Gasteiger partial charge in [0.1, 0.15) is 18.2 Å². The number of nitrogens with zero attached hydrogens (tertiary/aromatic N) is 1. The van der Waals surface area contributed by atoms with Gasteiger partial charge in [0.15, 0.2) is 0 Å². The number of rotatable bonds is 9.